The molecule has 2 saturated heterocycles. The standard InChI is InChI=1S/C76H119NO13/c1-3-5-7-9-11-13-15-17-19-21-22-23-24-25-26-27-28-29-30-31-32-33-34-35-36-37-38-39-40-41-42-44-46-48-50-52-54-56-58-60-68(81)77-64(65(80)59-57-55-53-51-49-47-45-43-20-18-16-14-12-10-8-6-4-2)63-87-75-73(86)71(84)74(67(62-79)89-75)90-76-72(85)70(83)69(82)66(61-78)88-76/h5,7,11,13,17,19-20,22-23,25-26,28-29,31-32,34-35,37-38,40-41,43-44,46,49-52,57,59,64-67,69-76,78-80,82-86H,3-4,6,8-10,12,14-16,18,21,24,27,30,33,36,39,42,45,47-48,53-56,58,60-63H2,1-2H3,(H,77,81)/b7-5-,13-11-,19-17-,23-22-,26-25-,29-28-,32-31-,35-34-,38-37-,41-40-,43-20+,46-44-,51-49+,52-50-,59-57+. The van der Waals surface area contributed by atoms with Crippen molar-refractivity contribution in [2.45, 2.75) is 267 Å². The molecule has 0 saturated carbocycles. The number of allylic oxidation sites excluding steroid dienone is 29. The molecule has 14 nitrogen and oxygen atoms in total. The fourth-order valence-electron chi connectivity index (χ4n) is 9.65. The minimum Gasteiger partial charge on any atom is -0.394 e. The Labute approximate surface area is 542 Å². The number of aliphatic hydroxyl groups is 8. The van der Waals surface area contributed by atoms with E-state index in [-0.39, 0.29) is 18.9 Å². The molecule has 2 heterocycles. The highest BCUT2D eigenvalue weighted by Crippen LogP contribution is 2.30. The van der Waals surface area contributed by atoms with E-state index in [1.165, 1.54) is 44.9 Å². The van der Waals surface area contributed by atoms with Crippen molar-refractivity contribution in [1.29, 1.82) is 0 Å². The summed E-state index contributed by atoms with van der Waals surface area (Å²) in [6, 6.07) is -0.976. The highest BCUT2D eigenvalue weighted by Gasteiger charge is 2.51. The van der Waals surface area contributed by atoms with Crippen LogP contribution in [0.15, 0.2) is 182 Å². The van der Waals surface area contributed by atoms with Gasteiger partial charge in [0.1, 0.15) is 48.8 Å². The smallest absolute Gasteiger partial charge is 0.220 e. The van der Waals surface area contributed by atoms with E-state index in [4.69, 9.17) is 18.9 Å². The van der Waals surface area contributed by atoms with Crippen LogP contribution in [0.1, 0.15) is 194 Å². The quantitative estimate of drug-likeness (QED) is 0.0204. The van der Waals surface area contributed by atoms with Gasteiger partial charge in [-0.25, -0.2) is 0 Å². The number of hydrogen-bond donors (Lipinski definition) is 9. The Balaban J connectivity index is 1.71. The molecular formula is C76H119NO13. The van der Waals surface area contributed by atoms with E-state index in [2.05, 4.69) is 189 Å². The molecule has 2 rings (SSSR count). The van der Waals surface area contributed by atoms with E-state index < -0.39 is 86.8 Å². The van der Waals surface area contributed by atoms with Crippen molar-refractivity contribution >= 4 is 5.91 Å². The van der Waals surface area contributed by atoms with Gasteiger partial charge in [0.25, 0.3) is 0 Å². The molecule has 2 aliphatic heterocycles. The first-order chi connectivity index (χ1) is 44.1. The van der Waals surface area contributed by atoms with Crippen LogP contribution in [0.3, 0.4) is 0 Å². The maximum atomic E-state index is 13.3. The summed E-state index contributed by atoms with van der Waals surface area (Å²) in [6.45, 7) is 2.60. The zero-order valence-electron chi connectivity index (χ0n) is 54.8. The molecule has 2 aliphatic rings. The summed E-state index contributed by atoms with van der Waals surface area (Å²) in [4.78, 5) is 13.3. The third-order valence-corrected chi connectivity index (χ3v) is 15.1. The van der Waals surface area contributed by atoms with Crippen molar-refractivity contribution in [1.82, 2.24) is 5.32 Å². The highest BCUT2D eigenvalue weighted by molar-refractivity contribution is 5.76. The Bertz CT molecular complexity index is 2210. The zero-order chi connectivity index (χ0) is 65.2. The van der Waals surface area contributed by atoms with Crippen molar-refractivity contribution < 1.29 is 64.6 Å². The minimum absolute atomic E-state index is 0.202. The van der Waals surface area contributed by atoms with E-state index >= 15 is 0 Å². The average molecular weight is 1250 g/mol. The molecule has 12 unspecified atom stereocenters. The second-order valence-electron chi connectivity index (χ2n) is 22.8. The number of amides is 1. The first kappa shape index (κ1) is 81.2. The lowest BCUT2D eigenvalue weighted by Gasteiger charge is -2.46. The lowest BCUT2D eigenvalue weighted by molar-refractivity contribution is -0.359. The van der Waals surface area contributed by atoms with E-state index in [1.54, 1.807) is 6.08 Å². The molecule has 0 radical (unpaired) electrons. The van der Waals surface area contributed by atoms with Crippen LogP contribution in [-0.2, 0) is 23.7 Å². The van der Waals surface area contributed by atoms with Gasteiger partial charge in [0, 0.05) is 6.42 Å². The van der Waals surface area contributed by atoms with E-state index in [1.807, 2.05) is 6.08 Å². The lowest BCUT2D eigenvalue weighted by atomic mass is 9.97. The van der Waals surface area contributed by atoms with Crippen LogP contribution in [0.5, 0.6) is 0 Å². The predicted octanol–water partition coefficient (Wildman–Crippen LogP) is 13.8. The molecule has 0 aromatic carbocycles. The van der Waals surface area contributed by atoms with E-state index in [0.29, 0.717) is 12.8 Å². The second kappa shape index (κ2) is 58.0. The van der Waals surface area contributed by atoms with Crippen molar-refractivity contribution in [2.24, 2.45) is 0 Å². The van der Waals surface area contributed by atoms with Gasteiger partial charge in [0.2, 0.25) is 5.91 Å². The second-order valence-corrected chi connectivity index (χ2v) is 22.8. The van der Waals surface area contributed by atoms with Gasteiger partial charge in [0.15, 0.2) is 12.6 Å². The molecule has 0 spiro atoms. The molecule has 90 heavy (non-hydrogen) atoms. The average Bonchev–Trinajstić information content (AvgIpc) is 1.04. The number of nitrogens with one attached hydrogen (secondary N) is 1. The van der Waals surface area contributed by atoms with Gasteiger partial charge in [-0.1, -0.05) is 235 Å². The van der Waals surface area contributed by atoms with Crippen molar-refractivity contribution in [2.75, 3.05) is 19.8 Å². The van der Waals surface area contributed by atoms with Gasteiger partial charge in [-0.15, -0.1) is 0 Å². The molecule has 1 amide bonds. The molecule has 0 aromatic rings. The summed E-state index contributed by atoms with van der Waals surface area (Å²) >= 11 is 0. The summed E-state index contributed by atoms with van der Waals surface area (Å²) in [5.41, 5.74) is 0. The third kappa shape index (κ3) is 41.5. The van der Waals surface area contributed by atoms with Gasteiger partial charge in [-0.3, -0.25) is 4.79 Å². The summed E-state index contributed by atoms with van der Waals surface area (Å²) in [7, 11) is 0. The third-order valence-electron chi connectivity index (χ3n) is 15.1. The summed E-state index contributed by atoms with van der Waals surface area (Å²) in [5.74, 6) is -0.304. The molecule has 9 N–H and O–H groups in total. The number of rotatable bonds is 52. The van der Waals surface area contributed by atoms with Crippen molar-refractivity contribution in [3.63, 3.8) is 0 Å². The number of aliphatic hydroxyl groups excluding tert-OH is 8. The van der Waals surface area contributed by atoms with Gasteiger partial charge < -0.3 is 65.1 Å². The van der Waals surface area contributed by atoms with Crippen LogP contribution in [0.4, 0.5) is 0 Å². The lowest BCUT2D eigenvalue weighted by Crippen LogP contribution is -2.65. The Morgan fingerprint density at radius 3 is 1.22 bits per heavy atom. The van der Waals surface area contributed by atoms with Gasteiger partial charge in [-0.05, 0) is 135 Å². The van der Waals surface area contributed by atoms with Gasteiger partial charge in [0.05, 0.1) is 32.0 Å². The van der Waals surface area contributed by atoms with Crippen LogP contribution in [0.25, 0.3) is 0 Å². The normalized spacial score (nSPS) is 24.1. The van der Waals surface area contributed by atoms with Crippen LogP contribution in [0.2, 0.25) is 0 Å². The Morgan fingerprint density at radius 1 is 0.411 bits per heavy atom. The maximum Gasteiger partial charge on any atom is 0.220 e. The molecule has 12 atom stereocenters. The monoisotopic (exact) mass is 1250 g/mol. The summed E-state index contributed by atoms with van der Waals surface area (Å²) < 4.78 is 22.7. The predicted molar refractivity (Wildman–Crippen MR) is 368 cm³/mol. The summed E-state index contributed by atoms with van der Waals surface area (Å²) in [5, 5.41) is 87.2. The van der Waals surface area contributed by atoms with Crippen LogP contribution in [0, 0.1) is 0 Å². The molecule has 0 aliphatic carbocycles. The highest BCUT2D eigenvalue weighted by atomic mass is 16.7. The molecule has 2 fully saturated rings. The van der Waals surface area contributed by atoms with Crippen molar-refractivity contribution in [3.05, 3.63) is 182 Å². The molecule has 0 aromatic heterocycles. The van der Waals surface area contributed by atoms with E-state index in [0.717, 1.165) is 116 Å². The maximum absolute atomic E-state index is 13.3. The van der Waals surface area contributed by atoms with Crippen LogP contribution in [-0.4, -0.2) is 140 Å². The summed E-state index contributed by atoms with van der Waals surface area (Å²) in [6.07, 6.45) is 75.1. The van der Waals surface area contributed by atoms with Crippen LogP contribution < -0.4 is 5.32 Å². The SMILES string of the molecule is CC/C=C\C/C=C\C/C=C\C/C=C\C/C=C\C/C=C\C/C=C\C/C=C\C/C=C\C/C=C\C/C=C\C/C=C\CCCCC(=O)NC(COC1OC(CO)C(OC2OC(CO)C(O)C(O)C2O)C(O)C1O)C(O)/C=C/CC/C=C/CC/C=C/CCCCCCCCC. The molecule has 14 heteroatoms. The van der Waals surface area contributed by atoms with Crippen molar-refractivity contribution in [3.8, 4) is 0 Å². The first-order valence-corrected chi connectivity index (χ1v) is 34.0. The fourth-order valence-corrected chi connectivity index (χ4v) is 9.65. The minimum atomic E-state index is -1.81. The number of unbranched alkanes of at least 4 members (excludes halogenated alkanes) is 11. The topological polar surface area (TPSA) is 228 Å². The van der Waals surface area contributed by atoms with E-state index in [9.17, 15) is 45.6 Å². The fraction of sp³-hybridized carbons (Fsp3) is 0.592. The largest absolute Gasteiger partial charge is 0.394 e. The molecular weight excluding hydrogens is 1130 g/mol. The van der Waals surface area contributed by atoms with Gasteiger partial charge >= 0.3 is 0 Å². The Kier molecular flexibility index (Phi) is 52.3. The molecule has 0 bridgehead atoms. The Morgan fingerprint density at radius 2 is 0.778 bits per heavy atom. The molecule has 506 valence electrons. The number of ether oxygens (including phenoxy) is 4. The van der Waals surface area contributed by atoms with Crippen LogP contribution >= 0.6 is 0 Å². The number of carbonyl (C=O) groups is 1. The number of hydrogen-bond acceptors (Lipinski definition) is 13. The zero-order valence-corrected chi connectivity index (χ0v) is 54.8. The Hall–Kier alpha value is -4.91. The van der Waals surface area contributed by atoms with Gasteiger partial charge in [-0.2, -0.15) is 0 Å². The number of carbonyl (C=O) groups excluding carboxylic acids is 1. The first-order valence-electron chi connectivity index (χ1n) is 34.0.